The molecule has 0 aliphatic heterocycles. The first kappa shape index (κ1) is 10.7. The summed E-state index contributed by atoms with van der Waals surface area (Å²) in [7, 11) is 0. The lowest BCUT2D eigenvalue weighted by atomic mass is 10.1. The highest BCUT2D eigenvalue weighted by Gasteiger charge is 2.03. The maximum absolute atomic E-state index is 11.5. The lowest BCUT2D eigenvalue weighted by molar-refractivity contribution is 0.755. The third-order valence-corrected chi connectivity index (χ3v) is 3.28. The molecule has 4 heteroatoms. The molecule has 0 radical (unpaired) electrons. The van der Waals surface area contributed by atoms with E-state index < -0.39 is 0 Å². The smallest absolute Gasteiger partial charge is 0.299 e. The van der Waals surface area contributed by atoms with Gasteiger partial charge >= 0.3 is 4.87 Å². The molecular formula is C12H10N2OS. The Morgan fingerprint density at radius 1 is 1.38 bits per heavy atom. The number of aryl methyl sites for hydroxylation is 1. The van der Waals surface area contributed by atoms with Crippen molar-refractivity contribution in [1.29, 1.82) is 5.26 Å². The van der Waals surface area contributed by atoms with E-state index in [0.29, 0.717) is 12.1 Å². The normalized spacial score (nSPS) is 10.0. The number of thiazole rings is 1. The molecule has 3 nitrogen and oxygen atoms in total. The molecule has 1 aromatic heterocycles. The zero-order valence-corrected chi connectivity index (χ0v) is 9.62. The molecule has 1 aromatic carbocycles. The maximum atomic E-state index is 11.5. The van der Waals surface area contributed by atoms with E-state index in [1.54, 1.807) is 16.7 Å². The summed E-state index contributed by atoms with van der Waals surface area (Å²) < 4.78 is 1.73. The zero-order chi connectivity index (χ0) is 11.5. The van der Waals surface area contributed by atoms with Crippen molar-refractivity contribution >= 4 is 11.3 Å². The third kappa shape index (κ3) is 2.05. The average Bonchev–Trinajstić information content (AvgIpc) is 2.62. The van der Waals surface area contributed by atoms with Gasteiger partial charge in [-0.05, 0) is 24.6 Å². The summed E-state index contributed by atoms with van der Waals surface area (Å²) in [6, 6.07) is 9.36. The number of nitriles is 1. The van der Waals surface area contributed by atoms with Gasteiger partial charge in [-0.25, -0.2) is 0 Å². The van der Waals surface area contributed by atoms with Crippen LogP contribution in [-0.2, 0) is 6.54 Å². The van der Waals surface area contributed by atoms with Crippen LogP contribution in [-0.4, -0.2) is 4.57 Å². The van der Waals surface area contributed by atoms with Crippen molar-refractivity contribution in [1.82, 2.24) is 4.57 Å². The fourth-order valence-corrected chi connectivity index (χ4v) is 2.20. The van der Waals surface area contributed by atoms with Crippen LogP contribution in [0.15, 0.2) is 34.4 Å². The Morgan fingerprint density at radius 3 is 2.56 bits per heavy atom. The van der Waals surface area contributed by atoms with E-state index >= 15 is 0 Å². The van der Waals surface area contributed by atoms with Crippen molar-refractivity contribution in [2.75, 3.05) is 0 Å². The summed E-state index contributed by atoms with van der Waals surface area (Å²) in [5, 5.41) is 10.5. The molecule has 16 heavy (non-hydrogen) atoms. The van der Waals surface area contributed by atoms with Gasteiger partial charge < -0.3 is 0 Å². The molecule has 2 rings (SSSR count). The SMILES string of the molecule is Cc1csc(=O)n1Cc1ccc(C#N)cc1. The van der Waals surface area contributed by atoms with E-state index in [4.69, 9.17) is 5.26 Å². The average molecular weight is 230 g/mol. The van der Waals surface area contributed by atoms with Gasteiger partial charge in [0.2, 0.25) is 0 Å². The van der Waals surface area contributed by atoms with E-state index in [9.17, 15) is 4.79 Å². The first-order valence-electron chi connectivity index (χ1n) is 4.84. The molecule has 0 unspecified atom stereocenters. The predicted molar refractivity (Wildman–Crippen MR) is 63.6 cm³/mol. The summed E-state index contributed by atoms with van der Waals surface area (Å²) in [6.07, 6.45) is 0. The lowest BCUT2D eigenvalue weighted by Gasteiger charge is -2.04. The van der Waals surface area contributed by atoms with E-state index in [1.807, 2.05) is 24.4 Å². The van der Waals surface area contributed by atoms with Crippen LogP contribution in [0, 0.1) is 18.3 Å². The van der Waals surface area contributed by atoms with Crippen LogP contribution in [0.5, 0.6) is 0 Å². The molecule has 0 aliphatic carbocycles. The topological polar surface area (TPSA) is 45.8 Å². The maximum Gasteiger partial charge on any atom is 0.307 e. The van der Waals surface area contributed by atoms with Gasteiger partial charge in [-0.1, -0.05) is 23.5 Å². The van der Waals surface area contributed by atoms with Crippen LogP contribution >= 0.6 is 11.3 Å². The molecule has 0 fully saturated rings. The van der Waals surface area contributed by atoms with Crippen molar-refractivity contribution in [3.63, 3.8) is 0 Å². The predicted octanol–water partition coefficient (Wildman–Crippen LogP) is 2.14. The number of rotatable bonds is 2. The molecular weight excluding hydrogens is 220 g/mol. The van der Waals surface area contributed by atoms with Gasteiger partial charge in [-0.3, -0.25) is 9.36 Å². The van der Waals surface area contributed by atoms with Crippen LogP contribution in [0.1, 0.15) is 16.8 Å². The van der Waals surface area contributed by atoms with Gasteiger partial charge in [0.05, 0.1) is 18.2 Å². The van der Waals surface area contributed by atoms with Crippen molar-refractivity contribution in [2.45, 2.75) is 13.5 Å². The molecule has 2 aromatic rings. The molecule has 0 bridgehead atoms. The molecule has 0 atom stereocenters. The number of aromatic nitrogens is 1. The quantitative estimate of drug-likeness (QED) is 0.793. The minimum absolute atomic E-state index is 0.0573. The van der Waals surface area contributed by atoms with Gasteiger partial charge in [0.25, 0.3) is 0 Å². The largest absolute Gasteiger partial charge is 0.307 e. The minimum Gasteiger partial charge on any atom is -0.299 e. The van der Waals surface area contributed by atoms with Crippen molar-refractivity contribution in [3.8, 4) is 6.07 Å². The third-order valence-electron chi connectivity index (χ3n) is 2.40. The highest BCUT2D eigenvalue weighted by molar-refractivity contribution is 7.07. The highest BCUT2D eigenvalue weighted by atomic mass is 32.1. The van der Waals surface area contributed by atoms with Crippen molar-refractivity contribution in [2.24, 2.45) is 0 Å². The second-order valence-electron chi connectivity index (χ2n) is 3.54. The Morgan fingerprint density at radius 2 is 2.06 bits per heavy atom. The first-order chi connectivity index (χ1) is 7.70. The second-order valence-corrected chi connectivity index (χ2v) is 4.36. The molecule has 0 spiro atoms. The summed E-state index contributed by atoms with van der Waals surface area (Å²) in [6.45, 7) is 2.49. The molecule has 0 aliphatic rings. The number of nitrogens with zero attached hydrogens (tertiary/aromatic N) is 2. The molecule has 0 amide bonds. The Hall–Kier alpha value is -1.86. The summed E-state index contributed by atoms with van der Waals surface area (Å²) in [4.78, 5) is 11.6. The Bertz CT molecular complexity index is 587. The van der Waals surface area contributed by atoms with Crippen LogP contribution in [0.25, 0.3) is 0 Å². The Balaban J connectivity index is 2.28. The van der Waals surface area contributed by atoms with E-state index in [-0.39, 0.29) is 4.87 Å². The summed E-state index contributed by atoms with van der Waals surface area (Å²) >= 11 is 1.21. The van der Waals surface area contributed by atoms with E-state index in [1.165, 1.54) is 11.3 Å². The summed E-state index contributed by atoms with van der Waals surface area (Å²) in [5.74, 6) is 0. The van der Waals surface area contributed by atoms with Gasteiger partial charge in [0, 0.05) is 11.1 Å². The molecule has 80 valence electrons. The fraction of sp³-hybridized carbons (Fsp3) is 0.167. The van der Waals surface area contributed by atoms with Crippen molar-refractivity contribution in [3.05, 3.63) is 56.1 Å². The lowest BCUT2D eigenvalue weighted by Crippen LogP contribution is -2.15. The van der Waals surface area contributed by atoms with Gasteiger partial charge in [-0.2, -0.15) is 5.26 Å². The minimum atomic E-state index is 0.0573. The van der Waals surface area contributed by atoms with Crippen LogP contribution in [0.2, 0.25) is 0 Å². The van der Waals surface area contributed by atoms with Crippen molar-refractivity contribution < 1.29 is 0 Å². The number of benzene rings is 1. The highest BCUT2D eigenvalue weighted by Crippen LogP contribution is 2.07. The van der Waals surface area contributed by atoms with Crippen LogP contribution in [0.4, 0.5) is 0 Å². The van der Waals surface area contributed by atoms with Crippen LogP contribution in [0.3, 0.4) is 0 Å². The van der Waals surface area contributed by atoms with Crippen LogP contribution < -0.4 is 4.87 Å². The fourth-order valence-electron chi connectivity index (χ4n) is 1.46. The van der Waals surface area contributed by atoms with Gasteiger partial charge in [0.1, 0.15) is 0 Å². The molecule has 0 N–H and O–H groups in total. The molecule has 1 heterocycles. The van der Waals surface area contributed by atoms with Gasteiger partial charge in [0.15, 0.2) is 0 Å². The zero-order valence-electron chi connectivity index (χ0n) is 8.80. The Labute approximate surface area is 97.2 Å². The standard InChI is InChI=1S/C12H10N2OS/c1-9-8-16-12(15)14(9)7-11-4-2-10(6-13)3-5-11/h2-5,8H,7H2,1H3. The summed E-state index contributed by atoms with van der Waals surface area (Å²) in [5.41, 5.74) is 2.64. The van der Waals surface area contributed by atoms with Gasteiger partial charge in [-0.15, -0.1) is 0 Å². The van der Waals surface area contributed by atoms with E-state index in [0.717, 1.165) is 11.3 Å². The number of hydrogen-bond donors (Lipinski definition) is 0. The second kappa shape index (κ2) is 4.33. The monoisotopic (exact) mass is 230 g/mol. The first-order valence-corrected chi connectivity index (χ1v) is 5.72. The van der Waals surface area contributed by atoms with E-state index in [2.05, 4.69) is 6.07 Å². The Kier molecular flexibility index (Phi) is 2.88. The number of hydrogen-bond acceptors (Lipinski definition) is 3. The molecule has 0 saturated heterocycles. The molecule has 0 saturated carbocycles.